The van der Waals surface area contributed by atoms with E-state index in [2.05, 4.69) is 17.6 Å². The number of amides is 1. The highest BCUT2D eigenvalue weighted by molar-refractivity contribution is 6.23. The minimum absolute atomic E-state index is 0.0220. The van der Waals surface area contributed by atoms with Gasteiger partial charge in [-0.1, -0.05) is 30.3 Å². The van der Waals surface area contributed by atoms with Crippen molar-refractivity contribution >= 4 is 12.2 Å². The Morgan fingerprint density at radius 3 is 2.87 bits per heavy atom. The number of nitrogens with zero attached hydrogens (tertiary/aromatic N) is 1. The van der Waals surface area contributed by atoms with Crippen LogP contribution in [0.1, 0.15) is 24.5 Å². The molecule has 1 saturated heterocycles. The van der Waals surface area contributed by atoms with E-state index in [0.717, 1.165) is 24.9 Å². The molecule has 1 N–H and O–H groups in total. The summed E-state index contributed by atoms with van der Waals surface area (Å²) in [6.07, 6.45) is 2.02. The summed E-state index contributed by atoms with van der Waals surface area (Å²) in [5, 5.41) is 1.79. The van der Waals surface area contributed by atoms with Gasteiger partial charge in [-0.25, -0.2) is 5.01 Å². The van der Waals surface area contributed by atoms with Gasteiger partial charge in [0.15, 0.2) is 0 Å². The summed E-state index contributed by atoms with van der Waals surface area (Å²) < 4.78 is 11.2. The van der Waals surface area contributed by atoms with Crippen LogP contribution >= 0.6 is 0 Å². The minimum Gasteiger partial charge on any atom is -0.385 e. The second kappa shape index (κ2) is 9.39. The first kappa shape index (κ1) is 17.6. The maximum Gasteiger partial charge on any atom is 0.298 e. The molecule has 0 unspecified atom stereocenters. The van der Waals surface area contributed by atoms with Gasteiger partial charge < -0.3 is 9.47 Å². The van der Waals surface area contributed by atoms with Gasteiger partial charge in [-0.15, -0.1) is 0 Å². The molecule has 0 aromatic heterocycles. The molecule has 2 atom stereocenters. The van der Waals surface area contributed by atoms with Crippen molar-refractivity contribution < 1.29 is 19.1 Å². The molecule has 1 fully saturated rings. The van der Waals surface area contributed by atoms with Crippen LogP contribution in [0.25, 0.3) is 0 Å². The molecule has 0 radical (unpaired) electrons. The fourth-order valence-corrected chi connectivity index (χ4v) is 2.88. The summed E-state index contributed by atoms with van der Waals surface area (Å²) in [5.74, 6) is -0.338. The number of methoxy groups -OCH3 is 1. The second-order valence-corrected chi connectivity index (χ2v) is 5.64. The van der Waals surface area contributed by atoms with Gasteiger partial charge in [0, 0.05) is 39.3 Å². The summed E-state index contributed by atoms with van der Waals surface area (Å²) in [4.78, 5) is 21.6. The molecule has 2 rings (SSSR count). The summed E-state index contributed by atoms with van der Waals surface area (Å²) >= 11 is 0. The van der Waals surface area contributed by atoms with Crippen LogP contribution in [0.15, 0.2) is 30.3 Å². The number of ether oxygens (including phenoxy) is 2. The highest BCUT2D eigenvalue weighted by Crippen LogP contribution is 2.32. The van der Waals surface area contributed by atoms with Gasteiger partial charge in [0.05, 0.1) is 6.10 Å². The highest BCUT2D eigenvalue weighted by atomic mass is 16.5. The Bertz CT molecular complexity index is 495. The number of hydrogen-bond acceptors (Lipinski definition) is 5. The van der Waals surface area contributed by atoms with E-state index >= 15 is 0 Å². The molecule has 0 spiro atoms. The Labute approximate surface area is 136 Å². The van der Waals surface area contributed by atoms with E-state index in [1.165, 1.54) is 0 Å². The lowest BCUT2D eigenvalue weighted by Crippen LogP contribution is -2.41. The maximum atomic E-state index is 11.2. The molecule has 6 nitrogen and oxygen atoms in total. The van der Waals surface area contributed by atoms with Crippen molar-refractivity contribution in [1.82, 2.24) is 10.4 Å². The lowest BCUT2D eigenvalue weighted by Gasteiger charge is -2.25. The van der Waals surface area contributed by atoms with Crippen molar-refractivity contribution in [3.05, 3.63) is 35.9 Å². The number of hydrazine groups is 1. The molecule has 1 heterocycles. The molecule has 1 aromatic rings. The Balaban J connectivity index is 1.97. The lowest BCUT2D eigenvalue weighted by atomic mass is 9.95. The van der Waals surface area contributed by atoms with Crippen LogP contribution in [0, 0.1) is 5.92 Å². The zero-order valence-corrected chi connectivity index (χ0v) is 13.4. The monoisotopic (exact) mass is 320 g/mol. The van der Waals surface area contributed by atoms with Crippen molar-refractivity contribution in [2.24, 2.45) is 5.92 Å². The van der Waals surface area contributed by atoms with Crippen molar-refractivity contribution in [3.63, 3.8) is 0 Å². The standard InChI is InChI=1S/C17H24N2O4/c1-22-10-5-11-23-17(14-6-3-2-4-7-14)15-8-9-19(12-15)18-16(21)13-20/h2-4,6-7,13,15,17H,5,8-12H2,1H3,(H,18,21)/t15-,17+/m1/s1. The zero-order chi connectivity index (χ0) is 16.5. The van der Waals surface area contributed by atoms with Crippen LogP contribution in [0.2, 0.25) is 0 Å². The lowest BCUT2D eigenvalue weighted by molar-refractivity contribution is -0.134. The third-order valence-corrected chi connectivity index (χ3v) is 3.95. The predicted molar refractivity (Wildman–Crippen MR) is 85.5 cm³/mol. The molecular weight excluding hydrogens is 296 g/mol. The highest BCUT2D eigenvalue weighted by Gasteiger charge is 2.31. The molecule has 0 saturated carbocycles. The van der Waals surface area contributed by atoms with E-state index in [-0.39, 0.29) is 12.0 Å². The Morgan fingerprint density at radius 1 is 1.39 bits per heavy atom. The van der Waals surface area contributed by atoms with Gasteiger partial charge in [0.1, 0.15) is 0 Å². The average molecular weight is 320 g/mol. The Morgan fingerprint density at radius 2 is 2.17 bits per heavy atom. The van der Waals surface area contributed by atoms with Crippen LogP contribution in [-0.2, 0) is 19.1 Å². The van der Waals surface area contributed by atoms with E-state index in [4.69, 9.17) is 9.47 Å². The van der Waals surface area contributed by atoms with Gasteiger partial charge in [-0.3, -0.25) is 15.0 Å². The number of carbonyl (C=O) groups excluding carboxylic acids is 2. The van der Waals surface area contributed by atoms with Crippen LogP contribution < -0.4 is 5.43 Å². The molecule has 1 amide bonds. The SMILES string of the molecule is COCCCO[C@@H](c1ccccc1)[C@@H]1CCN(NC(=O)C=O)C1. The minimum atomic E-state index is -0.608. The van der Waals surface area contributed by atoms with Gasteiger partial charge in [0.2, 0.25) is 6.29 Å². The molecule has 0 aliphatic carbocycles. The van der Waals surface area contributed by atoms with Crippen molar-refractivity contribution in [1.29, 1.82) is 0 Å². The molecule has 126 valence electrons. The first-order valence-corrected chi connectivity index (χ1v) is 7.91. The average Bonchev–Trinajstić information content (AvgIpc) is 3.03. The van der Waals surface area contributed by atoms with Gasteiger partial charge in [-0.05, 0) is 18.4 Å². The summed E-state index contributed by atoms with van der Waals surface area (Å²) in [6.45, 7) is 2.69. The molecular formula is C17H24N2O4. The summed E-state index contributed by atoms with van der Waals surface area (Å²) in [6, 6.07) is 10.1. The smallest absolute Gasteiger partial charge is 0.298 e. The number of hydrogen-bond donors (Lipinski definition) is 1. The Hall–Kier alpha value is -1.76. The van der Waals surface area contributed by atoms with E-state index in [1.807, 2.05) is 18.2 Å². The molecule has 6 heteroatoms. The number of benzene rings is 1. The number of carbonyl (C=O) groups is 2. The largest absolute Gasteiger partial charge is 0.385 e. The third-order valence-electron chi connectivity index (χ3n) is 3.95. The fraction of sp³-hybridized carbons (Fsp3) is 0.529. The normalized spacial score (nSPS) is 19.4. The number of rotatable bonds is 9. The molecule has 1 aliphatic rings. The molecule has 1 aromatic carbocycles. The number of nitrogens with one attached hydrogen (secondary N) is 1. The maximum absolute atomic E-state index is 11.2. The number of aldehydes is 1. The first-order valence-electron chi connectivity index (χ1n) is 7.91. The van der Waals surface area contributed by atoms with Crippen molar-refractivity contribution in [2.75, 3.05) is 33.4 Å². The van der Waals surface area contributed by atoms with Gasteiger partial charge >= 0.3 is 0 Å². The first-order chi connectivity index (χ1) is 11.2. The van der Waals surface area contributed by atoms with E-state index < -0.39 is 5.91 Å². The van der Waals surface area contributed by atoms with E-state index in [1.54, 1.807) is 12.1 Å². The quantitative estimate of drug-likeness (QED) is 0.422. The second-order valence-electron chi connectivity index (χ2n) is 5.64. The molecule has 1 aliphatic heterocycles. The van der Waals surface area contributed by atoms with Crippen LogP contribution in [0.3, 0.4) is 0 Å². The predicted octanol–water partition coefficient (Wildman–Crippen LogP) is 1.33. The van der Waals surface area contributed by atoms with Crippen LogP contribution in [0.5, 0.6) is 0 Å². The Kier molecular flexibility index (Phi) is 7.19. The molecule has 23 heavy (non-hydrogen) atoms. The van der Waals surface area contributed by atoms with E-state index in [9.17, 15) is 9.59 Å². The topological polar surface area (TPSA) is 67.9 Å². The van der Waals surface area contributed by atoms with Crippen LogP contribution in [0.4, 0.5) is 0 Å². The summed E-state index contributed by atoms with van der Waals surface area (Å²) in [7, 11) is 1.68. The van der Waals surface area contributed by atoms with Crippen molar-refractivity contribution in [2.45, 2.75) is 18.9 Å². The fourth-order valence-electron chi connectivity index (χ4n) is 2.88. The van der Waals surface area contributed by atoms with Gasteiger partial charge in [-0.2, -0.15) is 0 Å². The zero-order valence-electron chi connectivity index (χ0n) is 13.4. The summed E-state index contributed by atoms with van der Waals surface area (Å²) in [5.41, 5.74) is 3.73. The molecule has 0 bridgehead atoms. The van der Waals surface area contributed by atoms with Crippen LogP contribution in [-0.4, -0.2) is 50.6 Å². The van der Waals surface area contributed by atoms with E-state index in [0.29, 0.717) is 26.0 Å². The third kappa shape index (κ3) is 5.42. The van der Waals surface area contributed by atoms with Gasteiger partial charge in [0.25, 0.3) is 5.91 Å². The van der Waals surface area contributed by atoms with Crippen molar-refractivity contribution in [3.8, 4) is 0 Å².